The maximum atomic E-state index is 10.5. The van der Waals surface area contributed by atoms with E-state index in [9.17, 15) is 10.1 Å². The van der Waals surface area contributed by atoms with E-state index in [-0.39, 0.29) is 12.3 Å². The van der Waals surface area contributed by atoms with E-state index in [1.54, 1.807) is 30.1 Å². The van der Waals surface area contributed by atoms with E-state index in [0.29, 0.717) is 12.3 Å². The molecule has 1 aromatic carbocycles. The molecule has 0 aromatic heterocycles. The summed E-state index contributed by atoms with van der Waals surface area (Å²) < 4.78 is 0. The summed E-state index contributed by atoms with van der Waals surface area (Å²) >= 11 is 1.62. The number of rotatable bonds is 7. The Morgan fingerprint density at radius 3 is 3.00 bits per heavy atom. The zero-order valence-electron chi connectivity index (χ0n) is 9.28. The Hall–Kier alpha value is -1.40. The van der Waals surface area contributed by atoms with Crippen LogP contribution in [0, 0.1) is 10.1 Å². The van der Waals surface area contributed by atoms with Crippen molar-refractivity contribution in [1.29, 1.82) is 0 Å². The summed E-state index contributed by atoms with van der Waals surface area (Å²) in [5, 5.41) is 19.1. The first-order valence-corrected chi connectivity index (χ1v) is 6.32. The van der Waals surface area contributed by atoms with Crippen molar-refractivity contribution in [2.24, 2.45) is 4.99 Å². The second-order valence-corrected chi connectivity index (χ2v) is 4.45. The number of non-ortho nitro benzene ring substituents is 1. The molecule has 0 aliphatic rings. The van der Waals surface area contributed by atoms with Crippen LogP contribution in [0.15, 0.2) is 29.3 Å². The van der Waals surface area contributed by atoms with Crippen LogP contribution in [0.1, 0.15) is 5.56 Å². The van der Waals surface area contributed by atoms with Crippen LogP contribution in [0.25, 0.3) is 0 Å². The fraction of sp³-hybridized carbons (Fsp3) is 0.364. The quantitative estimate of drug-likeness (QED) is 0.348. The van der Waals surface area contributed by atoms with Gasteiger partial charge in [0.2, 0.25) is 0 Å². The number of hydrogen-bond acceptors (Lipinski definition) is 5. The minimum absolute atomic E-state index is 0.0728. The van der Waals surface area contributed by atoms with Gasteiger partial charge < -0.3 is 5.11 Å². The molecule has 1 rings (SSSR count). The van der Waals surface area contributed by atoms with Gasteiger partial charge in [0.15, 0.2) is 0 Å². The van der Waals surface area contributed by atoms with Gasteiger partial charge in [0.25, 0.3) is 5.69 Å². The second kappa shape index (κ2) is 7.81. The molecule has 92 valence electrons. The zero-order chi connectivity index (χ0) is 12.5. The summed E-state index contributed by atoms with van der Waals surface area (Å²) in [4.78, 5) is 14.3. The molecule has 0 unspecified atom stereocenters. The van der Waals surface area contributed by atoms with Crippen molar-refractivity contribution in [3.63, 3.8) is 0 Å². The Morgan fingerprint density at radius 2 is 2.29 bits per heavy atom. The number of hydrogen-bond donors (Lipinski definition) is 1. The third kappa shape index (κ3) is 5.46. The molecule has 1 N–H and O–H groups in total. The van der Waals surface area contributed by atoms with Crippen LogP contribution in [0.2, 0.25) is 0 Å². The lowest BCUT2D eigenvalue weighted by molar-refractivity contribution is -0.384. The van der Waals surface area contributed by atoms with E-state index in [2.05, 4.69) is 4.99 Å². The molecular formula is C11H14N2O3S. The van der Waals surface area contributed by atoms with Crippen LogP contribution < -0.4 is 0 Å². The standard InChI is InChI=1S/C11H14N2O3S/c14-5-7-17-6-4-12-9-10-2-1-3-11(8-10)13(15)16/h1-3,8-9,14H,4-7H2. The highest BCUT2D eigenvalue weighted by molar-refractivity contribution is 7.99. The summed E-state index contributed by atoms with van der Waals surface area (Å²) in [6.45, 7) is 0.826. The first-order valence-electron chi connectivity index (χ1n) is 5.17. The second-order valence-electron chi connectivity index (χ2n) is 3.22. The van der Waals surface area contributed by atoms with Gasteiger partial charge in [-0.2, -0.15) is 11.8 Å². The topological polar surface area (TPSA) is 75.7 Å². The number of nitrogens with zero attached hydrogens (tertiary/aromatic N) is 2. The Morgan fingerprint density at radius 1 is 1.47 bits per heavy atom. The van der Waals surface area contributed by atoms with Gasteiger partial charge in [-0.05, 0) is 5.56 Å². The molecule has 0 aliphatic heterocycles. The summed E-state index contributed by atoms with van der Waals surface area (Å²) in [7, 11) is 0. The molecule has 0 spiro atoms. The van der Waals surface area contributed by atoms with E-state index in [0.717, 1.165) is 11.3 Å². The van der Waals surface area contributed by atoms with E-state index in [4.69, 9.17) is 5.11 Å². The number of nitro groups is 1. The number of benzene rings is 1. The van der Waals surface area contributed by atoms with Crippen molar-refractivity contribution in [3.8, 4) is 0 Å². The Balaban J connectivity index is 2.42. The smallest absolute Gasteiger partial charge is 0.270 e. The highest BCUT2D eigenvalue weighted by Crippen LogP contribution is 2.11. The normalized spacial score (nSPS) is 10.9. The lowest BCUT2D eigenvalue weighted by Gasteiger charge is -1.96. The fourth-order valence-electron chi connectivity index (χ4n) is 1.17. The Labute approximate surface area is 104 Å². The van der Waals surface area contributed by atoms with Crippen molar-refractivity contribution in [3.05, 3.63) is 39.9 Å². The summed E-state index contributed by atoms with van der Waals surface area (Å²) in [6, 6.07) is 6.36. The first kappa shape index (κ1) is 13.7. The number of aliphatic imine (C=N–C) groups is 1. The SMILES string of the molecule is O=[N+]([O-])c1cccc(C=NCCSCCO)c1. The third-order valence-electron chi connectivity index (χ3n) is 1.92. The lowest BCUT2D eigenvalue weighted by atomic mass is 10.2. The molecule has 0 amide bonds. The Bertz CT molecular complexity index is 396. The van der Waals surface area contributed by atoms with Crippen molar-refractivity contribution in [2.75, 3.05) is 24.7 Å². The van der Waals surface area contributed by atoms with Gasteiger partial charge in [0, 0.05) is 36.4 Å². The van der Waals surface area contributed by atoms with Crippen LogP contribution in [-0.4, -0.2) is 40.9 Å². The van der Waals surface area contributed by atoms with Crippen LogP contribution in [0.4, 0.5) is 5.69 Å². The first-order chi connectivity index (χ1) is 8.24. The van der Waals surface area contributed by atoms with Crippen LogP contribution in [0.3, 0.4) is 0 Å². The van der Waals surface area contributed by atoms with Gasteiger partial charge in [-0.25, -0.2) is 0 Å². The fourth-order valence-corrected chi connectivity index (χ4v) is 1.74. The summed E-state index contributed by atoms with van der Waals surface area (Å²) in [6.07, 6.45) is 1.63. The van der Waals surface area contributed by atoms with Gasteiger partial charge in [-0.3, -0.25) is 15.1 Å². The molecule has 0 saturated carbocycles. The molecule has 1 aromatic rings. The van der Waals surface area contributed by atoms with Gasteiger partial charge >= 0.3 is 0 Å². The Kier molecular flexibility index (Phi) is 6.27. The number of thioether (sulfide) groups is 1. The molecule has 0 aliphatic carbocycles. The molecule has 6 heteroatoms. The van der Waals surface area contributed by atoms with Crippen LogP contribution >= 0.6 is 11.8 Å². The van der Waals surface area contributed by atoms with Gasteiger partial charge in [0.05, 0.1) is 11.5 Å². The molecule has 0 heterocycles. The number of aliphatic hydroxyl groups is 1. The number of nitro benzene ring substituents is 1. The largest absolute Gasteiger partial charge is 0.396 e. The van der Waals surface area contributed by atoms with Crippen molar-refractivity contribution >= 4 is 23.7 Å². The minimum atomic E-state index is -0.422. The molecule has 17 heavy (non-hydrogen) atoms. The van der Waals surface area contributed by atoms with Gasteiger partial charge in [0.1, 0.15) is 0 Å². The van der Waals surface area contributed by atoms with Gasteiger partial charge in [-0.1, -0.05) is 12.1 Å². The lowest BCUT2D eigenvalue weighted by Crippen LogP contribution is -1.93. The van der Waals surface area contributed by atoms with E-state index in [1.165, 1.54) is 12.1 Å². The predicted octanol–water partition coefficient (Wildman–Crippen LogP) is 1.74. The van der Waals surface area contributed by atoms with E-state index < -0.39 is 4.92 Å². The molecule has 0 radical (unpaired) electrons. The summed E-state index contributed by atoms with van der Waals surface area (Å²) in [5.41, 5.74) is 0.801. The average molecular weight is 254 g/mol. The molecule has 5 nitrogen and oxygen atoms in total. The maximum absolute atomic E-state index is 10.5. The molecular weight excluding hydrogens is 240 g/mol. The van der Waals surface area contributed by atoms with Gasteiger partial charge in [-0.15, -0.1) is 0 Å². The molecule has 0 fully saturated rings. The molecule has 0 atom stereocenters. The van der Waals surface area contributed by atoms with Crippen LogP contribution in [0.5, 0.6) is 0 Å². The average Bonchev–Trinajstić information content (AvgIpc) is 2.34. The van der Waals surface area contributed by atoms with E-state index >= 15 is 0 Å². The zero-order valence-corrected chi connectivity index (χ0v) is 10.1. The van der Waals surface area contributed by atoms with Crippen molar-refractivity contribution in [1.82, 2.24) is 0 Å². The monoisotopic (exact) mass is 254 g/mol. The maximum Gasteiger partial charge on any atom is 0.270 e. The predicted molar refractivity (Wildman–Crippen MR) is 70.0 cm³/mol. The summed E-state index contributed by atoms with van der Waals surface area (Å²) in [5.74, 6) is 1.55. The van der Waals surface area contributed by atoms with Crippen molar-refractivity contribution < 1.29 is 10.0 Å². The molecule has 0 saturated heterocycles. The van der Waals surface area contributed by atoms with Crippen molar-refractivity contribution in [2.45, 2.75) is 0 Å². The number of aliphatic hydroxyl groups excluding tert-OH is 1. The minimum Gasteiger partial charge on any atom is -0.396 e. The third-order valence-corrected chi connectivity index (χ3v) is 2.86. The van der Waals surface area contributed by atoms with E-state index in [1.807, 2.05) is 0 Å². The molecule has 0 bridgehead atoms. The highest BCUT2D eigenvalue weighted by Gasteiger charge is 2.03. The van der Waals surface area contributed by atoms with Crippen LogP contribution in [-0.2, 0) is 0 Å². The highest BCUT2D eigenvalue weighted by atomic mass is 32.2.